The number of carbonyl (C=O) groups is 1. The molecule has 20 heavy (non-hydrogen) atoms. The van der Waals surface area contributed by atoms with Crippen molar-refractivity contribution in [1.29, 1.82) is 0 Å². The van der Waals surface area contributed by atoms with E-state index in [-0.39, 0.29) is 5.41 Å². The molecule has 5 nitrogen and oxygen atoms in total. The molecule has 0 fully saturated rings. The minimum absolute atomic E-state index is 0.0323. The van der Waals surface area contributed by atoms with E-state index in [0.717, 1.165) is 11.1 Å². The zero-order chi connectivity index (χ0) is 15.6. The molecule has 0 bridgehead atoms. The third-order valence-corrected chi connectivity index (χ3v) is 4.29. The van der Waals surface area contributed by atoms with Crippen LogP contribution in [0.15, 0.2) is 24.3 Å². The first kappa shape index (κ1) is 16.7. The third-order valence-electron chi connectivity index (χ3n) is 2.95. The van der Waals surface area contributed by atoms with Crippen LogP contribution in [-0.4, -0.2) is 25.2 Å². The van der Waals surface area contributed by atoms with E-state index in [1.54, 1.807) is 6.92 Å². The summed E-state index contributed by atoms with van der Waals surface area (Å²) < 4.78 is 25.5. The maximum atomic E-state index is 11.6. The number of carboxylic acid groups (broad SMARTS) is 1. The number of carboxylic acids is 1. The quantitative estimate of drug-likeness (QED) is 0.871. The smallest absolute Gasteiger partial charge is 0.320 e. The summed E-state index contributed by atoms with van der Waals surface area (Å²) in [5.41, 5.74) is 1.98. The van der Waals surface area contributed by atoms with Gasteiger partial charge in [0.2, 0.25) is 10.0 Å². The van der Waals surface area contributed by atoms with Crippen molar-refractivity contribution >= 4 is 16.0 Å². The summed E-state index contributed by atoms with van der Waals surface area (Å²) >= 11 is 0. The fourth-order valence-corrected chi connectivity index (χ4v) is 2.90. The second-order valence-electron chi connectivity index (χ2n) is 5.86. The largest absolute Gasteiger partial charge is 0.480 e. The predicted molar refractivity (Wildman–Crippen MR) is 78.1 cm³/mol. The van der Waals surface area contributed by atoms with Crippen LogP contribution < -0.4 is 4.72 Å². The van der Waals surface area contributed by atoms with Gasteiger partial charge in [-0.05, 0) is 23.5 Å². The molecule has 0 saturated heterocycles. The molecule has 2 N–H and O–H groups in total. The van der Waals surface area contributed by atoms with Crippen molar-refractivity contribution in [1.82, 2.24) is 4.72 Å². The summed E-state index contributed by atoms with van der Waals surface area (Å²) in [6.07, 6.45) is 0. The SMILES string of the molecule is CC(NS(=O)(=O)CC(=O)O)c1ccc(C(C)(C)C)cc1. The average molecular weight is 299 g/mol. The normalized spacial score (nSPS) is 14.0. The Morgan fingerprint density at radius 3 is 2.15 bits per heavy atom. The Morgan fingerprint density at radius 2 is 1.75 bits per heavy atom. The van der Waals surface area contributed by atoms with Crippen molar-refractivity contribution in [3.8, 4) is 0 Å². The summed E-state index contributed by atoms with van der Waals surface area (Å²) in [6, 6.07) is 7.16. The van der Waals surface area contributed by atoms with Crippen molar-refractivity contribution in [2.24, 2.45) is 0 Å². The van der Waals surface area contributed by atoms with Crippen LogP contribution >= 0.6 is 0 Å². The molecule has 1 atom stereocenters. The number of sulfonamides is 1. The molecule has 0 aliphatic rings. The van der Waals surface area contributed by atoms with Crippen molar-refractivity contribution < 1.29 is 18.3 Å². The molecule has 1 aromatic rings. The highest BCUT2D eigenvalue weighted by Crippen LogP contribution is 2.24. The molecule has 1 unspecified atom stereocenters. The number of nitrogens with one attached hydrogen (secondary N) is 1. The standard InChI is InChI=1S/C14H21NO4S/c1-10(15-20(18,19)9-13(16)17)11-5-7-12(8-6-11)14(2,3)4/h5-8,10,15H,9H2,1-4H3,(H,16,17). The molecular formula is C14H21NO4S. The number of aliphatic carboxylic acids is 1. The first-order valence-corrected chi connectivity index (χ1v) is 7.99. The maximum Gasteiger partial charge on any atom is 0.320 e. The number of benzene rings is 1. The summed E-state index contributed by atoms with van der Waals surface area (Å²) in [6.45, 7) is 7.98. The van der Waals surface area contributed by atoms with Crippen molar-refractivity contribution in [3.05, 3.63) is 35.4 Å². The lowest BCUT2D eigenvalue weighted by molar-refractivity contribution is -0.134. The Labute approximate surface area is 120 Å². The molecule has 0 radical (unpaired) electrons. The van der Waals surface area contributed by atoms with Crippen molar-refractivity contribution in [2.75, 3.05) is 5.75 Å². The highest BCUT2D eigenvalue weighted by Gasteiger charge is 2.20. The second kappa shape index (κ2) is 5.93. The van der Waals surface area contributed by atoms with E-state index in [2.05, 4.69) is 25.5 Å². The highest BCUT2D eigenvalue weighted by molar-refractivity contribution is 7.90. The van der Waals surface area contributed by atoms with Gasteiger partial charge in [0, 0.05) is 6.04 Å². The summed E-state index contributed by atoms with van der Waals surface area (Å²) in [4.78, 5) is 10.5. The van der Waals surface area contributed by atoms with E-state index < -0.39 is 27.8 Å². The summed E-state index contributed by atoms with van der Waals surface area (Å²) in [5.74, 6) is -2.29. The van der Waals surface area contributed by atoms with Crippen LogP contribution in [0.3, 0.4) is 0 Å². The van der Waals surface area contributed by atoms with Crippen LogP contribution in [0.4, 0.5) is 0 Å². The van der Waals surface area contributed by atoms with Gasteiger partial charge in [-0.15, -0.1) is 0 Å². The molecule has 1 rings (SSSR count). The van der Waals surface area contributed by atoms with E-state index in [1.807, 2.05) is 24.3 Å². The van der Waals surface area contributed by atoms with E-state index in [1.165, 1.54) is 0 Å². The topological polar surface area (TPSA) is 83.5 Å². The molecule has 0 spiro atoms. The third kappa shape index (κ3) is 4.94. The van der Waals surface area contributed by atoms with Gasteiger partial charge in [0.05, 0.1) is 0 Å². The second-order valence-corrected chi connectivity index (χ2v) is 7.62. The lowest BCUT2D eigenvalue weighted by Crippen LogP contribution is -2.32. The Hall–Kier alpha value is -1.40. The van der Waals surface area contributed by atoms with Crippen LogP contribution in [0.2, 0.25) is 0 Å². The Morgan fingerprint density at radius 1 is 1.25 bits per heavy atom. The fraction of sp³-hybridized carbons (Fsp3) is 0.500. The zero-order valence-electron chi connectivity index (χ0n) is 12.2. The predicted octanol–water partition coefficient (Wildman–Crippen LogP) is 2.05. The molecule has 0 aromatic heterocycles. The van der Waals surface area contributed by atoms with Gasteiger partial charge < -0.3 is 5.11 Å². The van der Waals surface area contributed by atoms with Gasteiger partial charge in [0.1, 0.15) is 0 Å². The van der Waals surface area contributed by atoms with E-state index in [4.69, 9.17) is 5.11 Å². The van der Waals surface area contributed by atoms with Gasteiger partial charge in [-0.25, -0.2) is 13.1 Å². The molecule has 0 aliphatic heterocycles. The van der Waals surface area contributed by atoms with E-state index >= 15 is 0 Å². The first-order chi connectivity index (χ1) is 9.01. The van der Waals surface area contributed by atoms with Gasteiger partial charge in [-0.1, -0.05) is 45.0 Å². The fourth-order valence-electron chi connectivity index (χ4n) is 1.81. The van der Waals surface area contributed by atoms with Crippen LogP contribution in [0, 0.1) is 0 Å². The van der Waals surface area contributed by atoms with Crippen LogP contribution in [-0.2, 0) is 20.2 Å². The maximum absolute atomic E-state index is 11.6. The van der Waals surface area contributed by atoms with Crippen LogP contribution in [0.25, 0.3) is 0 Å². The molecule has 0 aliphatic carbocycles. The molecular weight excluding hydrogens is 278 g/mol. The lowest BCUT2D eigenvalue weighted by atomic mass is 9.86. The molecule has 112 valence electrons. The molecule has 0 amide bonds. The molecule has 6 heteroatoms. The minimum atomic E-state index is -3.82. The Kier molecular flexibility index (Phi) is 4.94. The van der Waals surface area contributed by atoms with Crippen molar-refractivity contribution in [2.45, 2.75) is 39.2 Å². The number of rotatable bonds is 5. The van der Waals surface area contributed by atoms with Gasteiger partial charge in [0.15, 0.2) is 5.75 Å². The Balaban J connectivity index is 2.83. The van der Waals surface area contributed by atoms with Crippen LogP contribution in [0.1, 0.15) is 44.9 Å². The van der Waals surface area contributed by atoms with Crippen LogP contribution in [0.5, 0.6) is 0 Å². The minimum Gasteiger partial charge on any atom is -0.480 e. The molecule has 1 aromatic carbocycles. The molecule has 0 saturated carbocycles. The van der Waals surface area contributed by atoms with Gasteiger partial charge in [-0.2, -0.15) is 0 Å². The van der Waals surface area contributed by atoms with Gasteiger partial charge >= 0.3 is 5.97 Å². The van der Waals surface area contributed by atoms with E-state index in [0.29, 0.717) is 0 Å². The summed E-state index contributed by atoms with van der Waals surface area (Å²) in [5, 5.41) is 8.54. The number of hydrogen-bond donors (Lipinski definition) is 2. The zero-order valence-corrected chi connectivity index (χ0v) is 13.0. The lowest BCUT2D eigenvalue weighted by Gasteiger charge is -2.20. The summed E-state index contributed by atoms with van der Waals surface area (Å²) in [7, 11) is -3.82. The highest BCUT2D eigenvalue weighted by atomic mass is 32.2. The van der Waals surface area contributed by atoms with Gasteiger partial charge in [0.25, 0.3) is 0 Å². The monoisotopic (exact) mass is 299 g/mol. The Bertz CT molecular complexity index is 570. The van der Waals surface area contributed by atoms with Crippen molar-refractivity contribution in [3.63, 3.8) is 0 Å². The van der Waals surface area contributed by atoms with E-state index in [9.17, 15) is 13.2 Å². The van der Waals surface area contributed by atoms with Gasteiger partial charge in [-0.3, -0.25) is 4.79 Å². The average Bonchev–Trinajstić information content (AvgIpc) is 2.25. The molecule has 0 heterocycles. The first-order valence-electron chi connectivity index (χ1n) is 6.33. The number of hydrogen-bond acceptors (Lipinski definition) is 3.